The van der Waals surface area contributed by atoms with Crippen molar-refractivity contribution in [1.82, 2.24) is 0 Å². The van der Waals surface area contributed by atoms with Gasteiger partial charge in [0, 0.05) is 17.7 Å². The van der Waals surface area contributed by atoms with E-state index in [9.17, 15) is 4.55 Å². The molecule has 0 fully saturated rings. The van der Waals surface area contributed by atoms with Crippen LogP contribution in [0.5, 0.6) is 0 Å². The van der Waals surface area contributed by atoms with Crippen molar-refractivity contribution in [3.63, 3.8) is 0 Å². The van der Waals surface area contributed by atoms with Crippen LogP contribution in [-0.4, -0.2) is 17.0 Å². The van der Waals surface area contributed by atoms with E-state index in [1.165, 1.54) is 0 Å². The molecule has 0 aliphatic carbocycles. The van der Waals surface area contributed by atoms with Gasteiger partial charge in [-0.25, -0.2) is 0 Å². The first-order chi connectivity index (χ1) is 6.74. The van der Waals surface area contributed by atoms with Crippen molar-refractivity contribution in [3.05, 3.63) is 23.2 Å². The minimum Gasteiger partial charge on any atom is -0.610 e. The molecule has 0 amide bonds. The molecule has 0 saturated heterocycles. The fraction of sp³-hybridized carbons (Fsp3) is 0.400. The average Bonchev–Trinajstić information content (AvgIpc) is 2.46. The molecule has 1 aliphatic heterocycles. The van der Waals surface area contributed by atoms with Gasteiger partial charge in [0.2, 0.25) is 0 Å². The Kier molecular flexibility index (Phi) is 2.91. The van der Waals surface area contributed by atoms with E-state index in [-0.39, 0.29) is 0 Å². The maximum atomic E-state index is 11.7. The smallest absolute Gasteiger partial charge is 0.184 e. The zero-order valence-corrected chi connectivity index (χ0v) is 9.57. The molecule has 0 N–H and O–H groups in total. The highest BCUT2D eigenvalue weighted by atomic mass is 35.5. The van der Waals surface area contributed by atoms with Crippen LogP contribution in [0.3, 0.4) is 0 Å². The number of hydrogen-bond donors (Lipinski definition) is 0. The number of rotatable bonds is 2. The largest absolute Gasteiger partial charge is 0.610 e. The second-order valence-electron chi connectivity index (χ2n) is 3.32. The van der Waals surface area contributed by atoms with E-state index in [0.29, 0.717) is 10.9 Å². The van der Waals surface area contributed by atoms with Gasteiger partial charge in [-0.05, 0) is 18.6 Å². The van der Waals surface area contributed by atoms with E-state index in [1.54, 1.807) is 0 Å². The van der Waals surface area contributed by atoms with Crippen LogP contribution in [-0.2, 0) is 11.2 Å². The van der Waals surface area contributed by atoms with E-state index >= 15 is 0 Å². The Morgan fingerprint density at radius 2 is 2.36 bits per heavy atom. The topological polar surface area (TPSA) is 26.3 Å². The van der Waals surface area contributed by atoms with Crippen LogP contribution in [0.4, 0.5) is 5.69 Å². The Labute approximate surface area is 92.0 Å². The second kappa shape index (κ2) is 4.01. The molecule has 1 heterocycles. The number of anilines is 1. The summed E-state index contributed by atoms with van der Waals surface area (Å²) in [5, 5.41) is 0.710. The molecule has 1 aliphatic rings. The Morgan fingerprint density at radius 3 is 3.07 bits per heavy atom. The van der Waals surface area contributed by atoms with Crippen molar-refractivity contribution in [2.45, 2.75) is 18.2 Å². The quantitative estimate of drug-likeness (QED) is 0.729. The SMILES string of the molecule is CCCN1C[S+]([O-])c2cccc(Cl)c21. The molecule has 0 aromatic heterocycles. The number of hydrogen-bond acceptors (Lipinski definition) is 2. The van der Waals surface area contributed by atoms with Crippen LogP contribution in [0.2, 0.25) is 5.02 Å². The first-order valence-corrected chi connectivity index (χ1v) is 6.35. The van der Waals surface area contributed by atoms with E-state index in [1.807, 2.05) is 18.2 Å². The molecule has 1 aromatic carbocycles. The highest BCUT2D eigenvalue weighted by Gasteiger charge is 2.32. The summed E-state index contributed by atoms with van der Waals surface area (Å²) in [6.45, 7) is 3.03. The maximum Gasteiger partial charge on any atom is 0.184 e. The molecule has 1 aromatic rings. The van der Waals surface area contributed by atoms with E-state index in [2.05, 4.69) is 11.8 Å². The molecule has 4 heteroatoms. The van der Waals surface area contributed by atoms with Crippen LogP contribution >= 0.6 is 11.6 Å². The lowest BCUT2D eigenvalue weighted by molar-refractivity contribution is 0.597. The van der Waals surface area contributed by atoms with Gasteiger partial charge in [-0.3, -0.25) is 0 Å². The maximum absolute atomic E-state index is 11.7. The molecule has 1 atom stereocenters. The predicted molar refractivity (Wildman–Crippen MR) is 60.4 cm³/mol. The number of nitrogens with zero attached hydrogens (tertiary/aromatic N) is 1. The fourth-order valence-corrected chi connectivity index (χ4v) is 3.42. The van der Waals surface area contributed by atoms with Gasteiger partial charge in [0.15, 0.2) is 10.8 Å². The van der Waals surface area contributed by atoms with Crippen molar-refractivity contribution in [2.75, 3.05) is 17.3 Å². The first kappa shape index (κ1) is 10.1. The summed E-state index contributed by atoms with van der Waals surface area (Å²) in [4.78, 5) is 2.99. The summed E-state index contributed by atoms with van der Waals surface area (Å²) in [5.41, 5.74) is 0.967. The lowest BCUT2D eigenvalue weighted by Crippen LogP contribution is -2.23. The third-order valence-electron chi connectivity index (χ3n) is 2.28. The zero-order chi connectivity index (χ0) is 10.1. The standard InChI is InChI=1S/C10H12ClNOS/c1-2-6-12-7-14(13)9-5-3-4-8(11)10(9)12/h3-5H,2,6-7H2,1H3. The number of halogens is 1. The minimum absolute atomic E-state index is 0.590. The summed E-state index contributed by atoms with van der Waals surface area (Å²) in [5.74, 6) is 0.590. The Bertz CT molecular complexity index is 345. The first-order valence-electron chi connectivity index (χ1n) is 4.66. The highest BCUT2D eigenvalue weighted by molar-refractivity contribution is 7.92. The molecule has 2 rings (SSSR count). The predicted octanol–water partition coefficient (Wildman–Crippen LogP) is 2.64. The average molecular weight is 230 g/mol. The van der Waals surface area contributed by atoms with Crippen molar-refractivity contribution < 1.29 is 4.55 Å². The number of fused-ring (bicyclic) bond motifs is 1. The van der Waals surface area contributed by atoms with Gasteiger partial charge in [-0.2, -0.15) is 0 Å². The molecule has 0 spiro atoms. The lowest BCUT2D eigenvalue weighted by Gasteiger charge is -2.15. The summed E-state index contributed by atoms with van der Waals surface area (Å²) < 4.78 is 11.7. The number of benzene rings is 1. The molecule has 76 valence electrons. The Morgan fingerprint density at radius 1 is 1.57 bits per heavy atom. The lowest BCUT2D eigenvalue weighted by atomic mass is 10.3. The Balaban J connectivity index is 2.40. The van der Waals surface area contributed by atoms with E-state index in [0.717, 1.165) is 23.5 Å². The van der Waals surface area contributed by atoms with Gasteiger partial charge in [-0.15, -0.1) is 0 Å². The molecule has 0 radical (unpaired) electrons. The molecule has 0 bridgehead atoms. The normalized spacial score (nSPS) is 19.9. The van der Waals surface area contributed by atoms with Gasteiger partial charge in [0.25, 0.3) is 0 Å². The third kappa shape index (κ3) is 1.60. The van der Waals surface area contributed by atoms with Gasteiger partial charge in [-0.1, -0.05) is 24.6 Å². The van der Waals surface area contributed by atoms with Crippen LogP contribution in [0.15, 0.2) is 23.1 Å². The molecule has 1 unspecified atom stereocenters. The number of para-hydroxylation sites is 1. The van der Waals surface area contributed by atoms with Crippen LogP contribution < -0.4 is 4.90 Å². The van der Waals surface area contributed by atoms with Crippen molar-refractivity contribution in [2.24, 2.45) is 0 Å². The minimum atomic E-state index is -0.898. The highest BCUT2D eigenvalue weighted by Crippen LogP contribution is 2.39. The fourth-order valence-electron chi connectivity index (χ4n) is 1.71. The van der Waals surface area contributed by atoms with E-state index < -0.39 is 11.2 Å². The van der Waals surface area contributed by atoms with Crippen molar-refractivity contribution in [1.29, 1.82) is 0 Å². The molecule has 14 heavy (non-hydrogen) atoms. The van der Waals surface area contributed by atoms with Crippen molar-refractivity contribution in [3.8, 4) is 0 Å². The summed E-state index contributed by atoms with van der Waals surface area (Å²) in [7, 11) is 0. The van der Waals surface area contributed by atoms with Crippen LogP contribution in [0, 0.1) is 0 Å². The summed E-state index contributed by atoms with van der Waals surface area (Å²) in [6.07, 6.45) is 1.04. The van der Waals surface area contributed by atoms with Crippen molar-refractivity contribution >= 4 is 28.5 Å². The summed E-state index contributed by atoms with van der Waals surface area (Å²) >= 11 is 5.19. The molecule has 2 nitrogen and oxygen atoms in total. The van der Waals surface area contributed by atoms with Gasteiger partial charge in [0.1, 0.15) is 5.69 Å². The second-order valence-corrected chi connectivity index (χ2v) is 5.12. The Hall–Kier alpha value is -0.380. The molecular formula is C10H12ClNOS. The summed E-state index contributed by atoms with van der Waals surface area (Å²) in [6, 6.07) is 5.60. The van der Waals surface area contributed by atoms with Gasteiger partial charge < -0.3 is 9.45 Å². The van der Waals surface area contributed by atoms with Crippen LogP contribution in [0.1, 0.15) is 13.3 Å². The monoisotopic (exact) mass is 229 g/mol. The van der Waals surface area contributed by atoms with Crippen LogP contribution in [0.25, 0.3) is 0 Å². The zero-order valence-electron chi connectivity index (χ0n) is 8.00. The molecule has 0 saturated carbocycles. The molecular weight excluding hydrogens is 218 g/mol. The third-order valence-corrected chi connectivity index (χ3v) is 3.95. The van der Waals surface area contributed by atoms with E-state index in [4.69, 9.17) is 11.6 Å². The van der Waals surface area contributed by atoms with Gasteiger partial charge >= 0.3 is 0 Å². The van der Waals surface area contributed by atoms with Gasteiger partial charge in [0.05, 0.1) is 5.02 Å².